The number of ether oxygens (including phenoxy) is 1. The number of carbonyl (C=O) groups is 2. The Morgan fingerprint density at radius 1 is 1.13 bits per heavy atom. The van der Waals surface area contributed by atoms with Crippen LogP contribution in [0.4, 0.5) is 4.79 Å². The van der Waals surface area contributed by atoms with Crippen molar-refractivity contribution in [2.24, 2.45) is 0 Å². The van der Waals surface area contributed by atoms with Gasteiger partial charge in [0.2, 0.25) is 0 Å². The van der Waals surface area contributed by atoms with E-state index in [0.717, 1.165) is 17.3 Å². The van der Waals surface area contributed by atoms with Crippen molar-refractivity contribution in [2.75, 3.05) is 13.2 Å². The predicted molar refractivity (Wildman–Crippen MR) is 126 cm³/mol. The Hall–Kier alpha value is -2.18. The number of halogens is 1. The molecule has 2 heterocycles. The van der Waals surface area contributed by atoms with Crippen LogP contribution in [0.1, 0.15) is 55.1 Å². The molecule has 2 aromatic rings. The van der Waals surface area contributed by atoms with Gasteiger partial charge in [0.1, 0.15) is 12.4 Å². The molecule has 31 heavy (non-hydrogen) atoms. The minimum Gasteiger partial charge on any atom is -0.492 e. The van der Waals surface area contributed by atoms with Crippen LogP contribution in [0.2, 0.25) is 5.02 Å². The van der Waals surface area contributed by atoms with Gasteiger partial charge in [0.25, 0.3) is 11.1 Å². The highest BCUT2D eigenvalue weighted by molar-refractivity contribution is 8.18. The van der Waals surface area contributed by atoms with Crippen molar-refractivity contribution in [2.45, 2.75) is 52.0 Å². The lowest BCUT2D eigenvalue weighted by Gasteiger charge is -2.26. The fourth-order valence-corrected chi connectivity index (χ4v) is 5.45. The molecule has 0 radical (unpaired) electrons. The third-order valence-corrected chi connectivity index (χ3v) is 7.18. The maximum absolute atomic E-state index is 12.8. The first kappa shape index (κ1) is 22.0. The second kappa shape index (κ2) is 9.53. The smallest absolute Gasteiger partial charge is 0.293 e. The molecule has 7 heteroatoms. The number of aryl methyl sites for hydroxylation is 1. The number of nitrogens with zero attached hydrogens (tertiary/aromatic N) is 2. The summed E-state index contributed by atoms with van der Waals surface area (Å²) < 4.78 is 8.05. The van der Waals surface area contributed by atoms with E-state index in [0.29, 0.717) is 21.7 Å². The second-order valence-electron chi connectivity index (χ2n) is 8.12. The predicted octanol–water partition coefficient (Wildman–Crippen LogP) is 6.38. The molecule has 2 fully saturated rings. The minimum absolute atomic E-state index is 0.214. The monoisotopic (exact) mass is 458 g/mol. The zero-order valence-corrected chi connectivity index (χ0v) is 19.5. The highest BCUT2D eigenvalue weighted by Crippen LogP contribution is 2.36. The van der Waals surface area contributed by atoms with Crippen molar-refractivity contribution in [3.8, 4) is 5.75 Å². The summed E-state index contributed by atoms with van der Waals surface area (Å²) in [5, 5.41) is 0.378. The van der Waals surface area contributed by atoms with Crippen LogP contribution in [0.15, 0.2) is 35.2 Å². The van der Waals surface area contributed by atoms with E-state index >= 15 is 0 Å². The summed E-state index contributed by atoms with van der Waals surface area (Å²) in [5.41, 5.74) is 3.40. The van der Waals surface area contributed by atoms with Crippen molar-refractivity contribution in [3.63, 3.8) is 0 Å². The molecule has 1 aliphatic carbocycles. The van der Waals surface area contributed by atoms with Gasteiger partial charge in [0.15, 0.2) is 0 Å². The van der Waals surface area contributed by atoms with Gasteiger partial charge in [-0.05, 0) is 80.4 Å². The van der Waals surface area contributed by atoms with Crippen molar-refractivity contribution >= 4 is 40.6 Å². The summed E-state index contributed by atoms with van der Waals surface area (Å²) in [6, 6.07) is 9.67. The number of thioether (sulfide) groups is 1. The first-order valence-corrected chi connectivity index (χ1v) is 12.0. The van der Waals surface area contributed by atoms with Crippen LogP contribution in [0, 0.1) is 13.8 Å². The first-order chi connectivity index (χ1) is 14.9. The van der Waals surface area contributed by atoms with Crippen LogP contribution in [-0.4, -0.2) is 33.8 Å². The number of hydrogen-bond acceptors (Lipinski definition) is 4. The van der Waals surface area contributed by atoms with E-state index in [2.05, 4.69) is 24.5 Å². The summed E-state index contributed by atoms with van der Waals surface area (Å²) in [6.45, 7) is 4.69. The molecule has 164 valence electrons. The molecule has 0 spiro atoms. The average Bonchev–Trinajstić information content (AvgIpc) is 3.19. The Bertz CT molecular complexity index is 1010. The highest BCUT2D eigenvalue weighted by Gasteiger charge is 2.35. The van der Waals surface area contributed by atoms with E-state index in [4.69, 9.17) is 16.3 Å². The summed E-state index contributed by atoms with van der Waals surface area (Å²) in [4.78, 5) is 27.0. The summed E-state index contributed by atoms with van der Waals surface area (Å²) >= 11 is 6.87. The van der Waals surface area contributed by atoms with Gasteiger partial charge in [-0.15, -0.1) is 0 Å². The molecule has 5 nitrogen and oxygen atoms in total. The molecule has 1 saturated carbocycles. The summed E-state index contributed by atoms with van der Waals surface area (Å²) in [6.07, 6.45) is 8.14. The van der Waals surface area contributed by atoms with Gasteiger partial charge in [0, 0.05) is 22.5 Å². The number of rotatable bonds is 6. The molecule has 4 rings (SSSR count). The maximum Gasteiger partial charge on any atom is 0.293 e. The summed E-state index contributed by atoms with van der Waals surface area (Å²) in [5.74, 6) is 0.402. The van der Waals surface area contributed by atoms with Gasteiger partial charge in [-0.1, -0.05) is 30.9 Å². The molecule has 0 atom stereocenters. The van der Waals surface area contributed by atoms with Gasteiger partial charge in [-0.3, -0.25) is 14.5 Å². The van der Waals surface area contributed by atoms with E-state index in [1.165, 1.54) is 48.4 Å². The highest BCUT2D eigenvalue weighted by atomic mass is 35.5. The molecule has 2 amide bonds. The van der Waals surface area contributed by atoms with Crippen LogP contribution < -0.4 is 4.74 Å². The fourth-order valence-electron chi connectivity index (χ4n) is 4.47. The zero-order chi connectivity index (χ0) is 22.0. The normalized spacial score (nSPS) is 18.9. The van der Waals surface area contributed by atoms with Crippen molar-refractivity contribution in [1.82, 2.24) is 9.47 Å². The third kappa shape index (κ3) is 4.85. The Balaban J connectivity index is 1.44. The minimum atomic E-state index is -0.253. The summed E-state index contributed by atoms with van der Waals surface area (Å²) in [7, 11) is 0. The molecule has 1 aromatic carbocycles. The van der Waals surface area contributed by atoms with Crippen LogP contribution >= 0.6 is 23.4 Å². The van der Waals surface area contributed by atoms with E-state index in [1.807, 2.05) is 6.08 Å². The van der Waals surface area contributed by atoms with E-state index in [1.54, 1.807) is 24.3 Å². The number of benzene rings is 1. The number of imide groups is 1. The maximum atomic E-state index is 12.8. The van der Waals surface area contributed by atoms with Gasteiger partial charge < -0.3 is 9.30 Å². The molecule has 1 saturated heterocycles. The van der Waals surface area contributed by atoms with E-state index < -0.39 is 0 Å². The lowest BCUT2D eigenvalue weighted by Crippen LogP contribution is -2.32. The Labute approximate surface area is 192 Å². The molecular weight excluding hydrogens is 432 g/mol. The van der Waals surface area contributed by atoms with Crippen LogP contribution in [0.25, 0.3) is 6.08 Å². The Morgan fingerprint density at radius 3 is 2.55 bits per heavy atom. The quantitative estimate of drug-likeness (QED) is 0.471. The second-order valence-corrected chi connectivity index (χ2v) is 9.55. The van der Waals surface area contributed by atoms with Gasteiger partial charge in [0.05, 0.1) is 11.4 Å². The Kier molecular flexibility index (Phi) is 6.77. The van der Waals surface area contributed by atoms with Crippen molar-refractivity contribution < 1.29 is 14.3 Å². The number of carbonyl (C=O) groups excluding carboxylic acids is 2. The van der Waals surface area contributed by atoms with Crippen LogP contribution in [0.3, 0.4) is 0 Å². The van der Waals surface area contributed by atoms with E-state index in [9.17, 15) is 9.59 Å². The lowest BCUT2D eigenvalue weighted by atomic mass is 9.95. The lowest BCUT2D eigenvalue weighted by molar-refractivity contribution is -0.123. The van der Waals surface area contributed by atoms with Gasteiger partial charge in [-0.25, -0.2) is 0 Å². The average molecular weight is 459 g/mol. The van der Waals surface area contributed by atoms with Crippen molar-refractivity contribution in [1.29, 1.82) is 0 Å². The molecule has 0 N–H and O–H groups in total. The molecule has 0 bridgehead atoms. The third-order valence-electron chi connectivity index (χ3n) is 6.02. The number of hydrogen-bond donors (Lipinski definition) is 0. The van der Waals surface area contributed by atoms with Gasteiger partial charge in [-0.2, -0.15) is 0 Å². The molecule has 1 aromatic heterocycles. The number of aromatic nitrogens is 1. The number of amides is 2. The molecule has 1 aliphatic heterocycles. The molecule has 0 unspecified atom stereocenters. The largest absolute Gasteiger partial charge is 0.492 e. The molecule has 2 aliphatic rings. The molecular formula is C24H27ClN2O3S. The van der Waals surface area contributed by atoms with Crippen molar-refractivity contribution in [3.05, 3.63) is 57.2 Å². The van der Waals surface area contributed by atoms with Crippen LogP contribution in [-0.2, 0) is 4.79 Å². The topological polar surface area (TPSA) is 51.5 Å². The fraction of sp³-hybridized carbons (Fsp3) is 0.417. The standard InChI is InChI=1S/C24H27ClN2O3S/c1-16-14-18(17(2)27(16)20-6-4-3-5-7-20)15-22-23(28)26(24(29)31-22)12-13-30-21-10-8-19(25)9-11-21/h8-11,14-15,20H,3-7,12-13H2,1-2H3/b22-15-. The van der Waals surface area contributed by atoms with Gasteiger partial charge >= 0.3 is 0 Å². The Morgan fingerprint density at radius 2 is 1.84 bits per heavy atom. The SMILES string of the molecule is Cc1cc(/C=C2\SC(=O)N(CCOc3ccc(Cl)cc3)C2=O)c(C)n1C1CCCCC1. The van der Waals surface area contributed by atoms with Crippen LogP contribution in [0.5, 0.6) is 5.75 Å². The first-order valence-electron chi connectivity index (χ1n) is 10.8. The van der Waals surface area contributed by atoms with E-state index in [-0.39, 0.29) is 24.3 Å². The zero-order valence-electron chi connectivity index (χ0n) is 17.9.